The van der Waals surface area contributed by atoms with Crippen LogP contribution >= 0.6 is 34.9 Å². The Morgan fingerprint density at radius 3 is 2.62 bits per heavy atom. The van der Waals surface area contributed by atoms with Crippen molar-refractivity contribution in [2.24, 2.45) is 0 Å². The lowest BCUT2D eigenvalue weighted by Gasteiger charge is -2.07. The van der Waals surface area contributed by atoms with Crippen molar-refractivity contribution in [3.8, 4) is 0 Å². The van der Waals surface area contributed by atoms with Crippen LogP contribution in [0.3, 0.4) is 0 Å². The zero-order chi connectivity index (χ0) is 20.6. The van der Waals surface area contributed by atoms with Gasteiger partial charge in [0.05, 0.1) is 5.75 Å². The Morgan fingerprint density at radius 1 is 1.14 bits per heavy atom. The number of carbonyl (C=O) groups excluding carboxylic acids is 1. The van der Waals surface area contributed by atoms with Crippen molar-refractivity contribution < 1.29 is 13.6 Å². The predicted molar refractivity (Wildman–Crippen MR) is 115 cm³/mol. The summed E-state index contributed by atoms with van der Waals surface area (Å²) in [5.74, 6) is -2.26. The quantitative estimate of drug-likeness (QED) is 0.429. The second kappa shape index (κ2) is 10.6. The van der Waals surface area contributed by atoms with E-state index in [1.807, 2.05) is 31.2 Å². The molecule has 0 atom stereocenters. The normalized spacial score (nSPS) is 10.9. The van der Waals surface area contributed by atoms with E-state index in [4.69, 9.17) is 0 Å². The summed E-state index contributed by atoms with van der Waals surface area (Å²) < 4.78 is 25.4. The predicted octanol–water partition coefficient (Wildman–Crippen LogP) is 5.31. The van der Waals surface area contributed by atoms with Gasteiger partial charge in [0.1, 0.15) is 0 Å². The number of alkyl halides is 2. The van der Waals surface area contributed by atoms with Crippen molar-refractivity contribution in [2.45, 2.75) is 28.5 Å². The summed E-state index contributed by atoms with van der Waals surface area (Å²) in [5.41, 5.74) is 2.96. The molecule has 2 N–H and O–H groups in total. The zero-order valence-electron chi connectivity index (χ0n) is 15.4. The number of nitrogens with one attached hydrogen (secondary N) is 2. The lowest BCUT2D eigenvalue weighted by Crippen LogP contribution is -2.24. The Balaban J connectivity index is 1.45. The van der Waals surface area contributed by atoms with Crippen LogP contribution in [0.15, 0.2) is 57.8 Å². The number of aromatic nitrogens is 2. The van der Waals surface area contributed by atoms with Crippen LogP contribution in [0.2, 0.25) is 0 Å². The van der Waals surface area contributed by atoms with E-state index in [0.29, 0.717) is 32.7 Å². The Kier molecular flexibility index (Phi) is 7.84. The monoisotopic (exact) mass is 452 g/mol. The summed E-state index contributed by atoms with van der Waals surface area (Å²) >= 11 is 3.14. The van der Waals surface area contributed by atoms with Crippen LogP contribution in [-0.4, -0.2) is 27.6 Å². The molecule has 0 aliphatic heterocycles. The van der Waals surface area contributed by atoms with Gasteiger partial charge in [-0.25, -0.2) is 0 Å². The molecular weight excluding hydrogens is 434 g/mol. The highest BCUT2D eigenvalue weighted by molar-refractivity contribution is 8.01. The fourth-order valence-corrected chi connectivity index (χ4v) is 4.44. The number of halogens is 2. The zero-order valence-corrected chi connectivity index (χ0v) is 17.8. The lowest BCUT2D eigenvalue weighted by molar-refractivity contribution is -0.118. The van der Waals surface area contributed by atoms with E-state index < -0.39 is 5.76 Å². The molecule has 1 heterocycles. The van der Waals surface area contributed by atoms with Crippen molar-refractivity contribution in [1.29, 1.82) is 0 Å². The number of amides is 1. The Morgan fingerprint density at radius 2 is 1.90 bits per heavy atom. The average molecular weight is 453 g/mol. The third-order valence-electron chi connectivity index (χ3n) is 3.80. The first kappa shape index (κ1) is 21.5. The summed E-state index contributed by atoms with van der Waals surface area (Å²) in [5, 5.41) is 14.7. The van der Waals surface area contributed by atoms with Gasteiger partial charge < -0.3 is 10.6 Å². The van der Waals surface area contributed by atoms with Gasteiger partial charge in [-0.15, -0.1) is 10.2 Å². The summed E-state index contributed by atoms with van der Waals surface area (Å²) in [6, 6.07) is 14.6. The minimum absolute atomic E-state index is 0.0740. The molecule has 0 radical (unpaired) electrons. The van der Waals surface area contributed by atoms with Gasteiger partial charge in [-0.05, 0) is 42.3 Å². The van der Waals surface area contributed by atoms with Crippen LogP contribution in [-0.2, 0) is 11.3 Å². The maximum atomic E-state index is 12.4. The summed E-state index contributed by atoms with van der Waals surface area (Å²) in [7, 11) is 0. The number of carbonyl (C=O) groups is 1. The highest BCUT2D eigenvalue weighted by atomic mass is 32.2. The van der Waals surface area contributed by atoms with Crippen LogP contribution in [0.25, 0.3) is 0 Å². The molecule has 10 heteroatoms. The van der Waals surface area contributed by atoms with E-state index in [1.54, 1.807) is 24.3 Å². The van der Waals surface area contributed by atoms with Crippen molar-refractivity contribution in [3.05, 3.63) is 59.7 Å². The molecule has 152 valence electrons. The molecule has 3 aromatic rings. The molecule has 29 heavy (non-hydrogen) atoms. The van der Waals surface area contributed by atoms with E-state index in [-0.39, 0.29) is 11.7 Å². The summed E-state index contributed by atoms with van der Waals surface area (Å²) in [6.45, 7) is 2.51. The Labute approximate surface area is 179 Å². The summed E-state index contributed by atoms with van der Waals surface area (Å²) in [6.07, 6.45) is 0. The van der Waals surface area contributed by atoms with E-state index in [9.17, 15) is 13.6 Å². The third-order valence-corrected chi connectivity index (χ3v) is 6.50. The number of aryl methyl sites for hydroxylation is 1. The standard InChI is InChI=1S/C19H18F2N4OS3/c1-12-4-2-3-5-13(12)10-22-16(26)11-27-19-25-24-18(29-19)23-14-6-8-15(9-7-14)28-17(20)21/h2-9,17H,10-11H2,1H3,(H,22,26)(H,23,24). The molecule has 0 aliphatic rings. The number of rotatable bonds is 9. The van der Waals surface area contributed by atoms with Crippen LogP contribution in [0, 0.1) is 6.92 Å². The SMILES string of the molecule is Cc1ccccc1CNC(=O)CSc1nnc(Nc2ccc(SC(F)F)cc2)s1. The minimum Gasteiger partial charge on any atom is -0.351 e. The number of hydrogen-bond acceptors (Lipinski definition) is 7. The summed E-state index contributed by atoms with van der Waals surface area (Å²) in [4.78, 5) is 12.6. The first-order valence-corrected chi connectivity index (χ1v) is 11.3. The molecule has 0 spiro atoms. The number of thioether (sulfide) groups is 2. The molecule has 2 aromatic carbocycles. The molecular formula is C19H18F2N4OS3. The van der Waals surface area contributed by atoms with Crippen molar-refractivity contribution >= 4 is 51.6 Å². The van der Waals surface area contributed by atoms with E-state index in [2.05, 4.69) is 20.8 Å². The van der Waals surface area contributed by atoms with Crippen molar-refractivity contribution in [3.63, 3.8) is 0 Å². The second-order valence-corrected chi connectivity index (χ2v) is 9.16. The van der Waals surface area contributed by atoms with Crippen LogP contribution in [0.4, 0.5) is 19.6 Å². The molecule has 5 nitrogen and oxygen atoms in total. The molecule has 0 saturated heterocycles. The van der Waals surface area contributed by atoms with E-state index >= 15 is 0 Å². The topological polar surface area (TPSA) is 66.9 Å². The molecule has 3 rings (SSSR count). The third kappa shape index (κ3) is 6.98. The van der Waals surface area contributed by atoms with Gasteiger partial charge in [0.25, 0.3) is 5.76 Å². The van der Waals surface area contributed by atoms with Gasteiger partial charge in [0.15, 0.2) is 4.34 Å². The average Bonchev–Trinajstić information content (AvgIpc) is 3.14. The highest BCUT2D eigenvalue weighted by Crippen LogP contribution is 2.29. The first-order chi connectivity index (χ1) is 14.0. The number of nitrogens with zero attached hydrogens (tertiary/aromatic N) is 2. The van der Waals surface area contributed by atoms with Crippen LogP contribution in [0.5, 0.6) is 0 Å². The van der Waals surface area contributed by atoms with E-state index in [1.165, 1.54) is 23.1 Å². The molecule has 0 unspecified atom stereocenters. The van der Waals surface area contributed by atoms with Gasteiger partial charge in [0.2, 0.25) is 11.0 Å². The molecule has 0 fully saturated rings. The largest absolute Gasteiger partial charge is 0.351 e. The molecule has 0 aliphatic carbocycles. The number of anilines is 2. The van der Waals surface area contributed by atoms with Crippen molar-refractivity contribution in [1.82, 2.24) is 15.5 Å². The van der Waals surface area contributed by atoms with Gasteiger partial charge in [0, 0.05) is 17.1 Å². The molecule has 0 bridgehead atoms. The van der Waals surface area contributed by atoms with E-state index in [0.717, 1.165) is 16.8 Å². The van der Waals surface area contributed by atoms with Gasteiger partial charge in [-0.3, -0.25) is 4.79 Å². The number of benzene rings is 2. The minimum atomic E-state index is -2.44. The molecule has 1 aromatic heterocycles. The number of hydrogen-bond donors (Lipinski definition) is 2. The fraction of sp³-hybridized carbons (Fsp3) is 0.211. The van der Waals surface area contributed by atoms with Gasteiger partial charge >= 0.3 is 0 Å². The van der Waals surface area contributed by atoms with Crippen LogP contribution in [0.1, 0.15) is 11.1 Å². The molecule has 0 saturated carbocycles. The lowest BCUT2D eigenvalue weighted by atomic mass is 10.1. The first-order valence-electron chi connectivity index (χ1n) is 8.59. The maximum absolute atomic E-state index is 12.4. The Bertz CT molecular complexity index is 951. The molecule has 1 amide bonds. The Hall–Kier alpha value is -2.17. The fourth-order valence-electron chi connectivity index (χ4n) is 2.34. The van der Waals surface area contributed by atoms with Crippen molar-refractivity contribution in [2.75, 3.05) is 11.1 Å². The van der Waals surface area contributed by atoms with Crippen LogP contribution < -0.4 is 10.6 Å². The highest BCUT2D eigenvalue weighted by Gasteiger charge is 2.10. The van der Waals surface area contributed by atoms with Gasteiger partial charge in [-0.2, -0.15) is 8.78 Å². The van der Waals surface area contributed by atoms with Gasteiger partial charge in [-0.1, -0.05) is 59.1 Å². The maximum Gasteiger partial charge on any atom is 0.288 e. The smallest absolute Gasteiger partial charge is 0.288 e. The second-order valence-electron chi connectivity index (χ2n) is 5.89.